The van der Waals surface area contributed by atoms with Crippen LogP contribution in [0.25, 0.3) is 11.0 Å². The molecular weight excluding hydrogens is 321 g/mol. The second-order valence-electron chi connectivity index (χ2n) is 4.78. The van der Waals surface area contributed by atoms with Gasteiger partial charge in [-0.25, -0.2) is 9.18 Å². The summed E-state index contributed by atoms with van der Waals surface area (Å²) in [5, 5.41) is 3.66. The smallest absolute Gasteiger partial charge is 0.348 e. The molecule has 0 spiro atoms. The lowest BCUT2D eigenvalue weighted by Gasteiger charge is -2.00. The fourth-order valence-corrected chi connectivity index (χ4v) is 3.03. The van der Waals surface area contributed by atoms with Crippen LogP contribution in [-0.2, 0) is 4.74 Å². The van der Waals surface area contributed by atoms with Crippen LogP contribution < -0.4 is 5.32 Å². The van der Waals surface area contributed by atoms with Gasteiger partial charge in [0.05, 0.1) is 12.1 Å². The molecule has 0 atom stereocenters. The number of hydrogen-bond acceptors (Lipinski definition) is 5. The average molecular weight is 333 g/mol. The summed E-state index contributed by atoms with van der Waals surface area (Å²) in [6.45, 7) is 1.69. The van der Waals surface area contributed by atoms with Gasteiger partial charge in [-0.1, -0.05) is 12.1 Å². The summed E-state index contributed by atoms with van der Waals surface area (Å²) in [6.07, 6.45) is 0. The fourth-order valence-electron chi connectivity index (χ4n) is 2.21. The Kier molecular flexibility index (Phi) is 3.87. The highest BCUT2D eigenvalue weighted by Crippen LogP contribution is 2.29. The zero-order valence-corrected chi connectivity index (χ0v) is 13.1. The number of halogens is 1. The zero-order valence-electron chi connectivity index (χ0n) is 12.3. The van der Waals surface area contributed by atoms with Gasteiger partial charge in [-0.2, -0.15) is 0 Å². The highest BCUT2D eigenvalue weighted by molar-refractivity contribution is 7.18. The van der Waals surface area contributed by atoms with Gasteiger partial charge in [0.25, 0.3) is 5.91 Å². The number of furan rings is 1. The van der Waals surface area contributed by atoms with Crippen molar-refractivity contribution in [3.8, 4) is 0 Å². The summed E-state index contributed by atoms with van der Waals surface area (Å²) in [4.78, 5) is 24.1. The van der Waals surface area contributed by atoms with Crippen LogP contribution in [-0.4, -0.2) is 19.0 Å². The van der Waals surface area contributed by atoms with Crippen molar-refractivity contribution in [3.05, 3.63) is 52.3 Å². The van der Waals surface area contributed by atoms with Gasteiger partial charge in [-0.3, -0.25) is 4.79 Å². The van der Waals surface area contributed by atoms with Crippen LogP contribution in [0.1, 0.15) is 25.8 Å². The van der Waals surface area contributed by atoms with Crippen molar-refractivity contribution in [2.75, 3.05) is 12.4 Å². The number of para-hydroxylation sites is 1. The third kappa shape index (κ3) is 2.70. The van der Waals surface area contributed by atoms with E-state index in [1.54, 1.807) is 31.2 Å². The molecule has 2 aromatic heterocycles. The molecule has 1 amide bonds. The highest BCUT2D eigenvalue weighted by Gasteiger charge is 2.20. The number of carbonyl (C=O) groups excluding carboxylic acids is 2. The zero-order chi connectivity index (χ0) is 16.6. The SMILES string of the molecule is COC(=O)c1ccc(NC(=O)c2oc3c(F)cccc3c2C)s1. The minimum atomic E-state index is -0.520. The van der Waals surface area contributed by atoms with Crippen molar-refractivity contribution in [3.63, 3.8) is 0 Å². The Bertz CT molecular complexity index is 912. The predicted octanol–water partition coefficient (Wildman–Crippen LogP) is 3.98. The Balaban J connectivity index is 1.89. The minimum Gasteiger partial charge on any atom is -0.465 e. The van der Waals surface area contributed by atoms with Crippen LogP contribution in [0.2, 0.25) is 0 Å². The van der Waals surface area contributed by atoms with Gasteiger partial charge in [-0.05, 0) is 25.1 Å². The minimum absolute atomic E-state index is 0.0399. The molecule has 5 nitrogen and oxygen atoms in total. The fraction of sp³-hybridized carbons (Fsp3) is 0.125. The number of amides is 1. The second-order valence-corrected chi connectivity index (χ2v) is 5.87. The molecule has 23 heavy (non-hydrogen) atoms. The van der Waals surface area contributed by atoms with Crippen LogP contribution >= 0.6 is 11.3 Å². The molecule has 7 heteroatoms. The third-order valence-electron chi connectivity index (χ3n) is 3.35. The summed E-state index contributed by atoms with van der Waals surface area (Å²) in [5.74, 6) is -1.46. The van der Waals surface area contributed by atoms with E-state index in [0.717, 1.165) is 11.3 Å². The Morgan fingerprint density at radius 2 is 2.04 bits per heavy atom. The van der Waals surface area contributed by atoms with E-state index in [2.05, 4.69) is 10.1 Å². The molecule has 3 rings (SSSR count). The molecule has 1 N–H and O–H groups in total. The molecule has 0 bridgehead atoms. The van der Waals surface area contributed by atoms with Crippen LogP contribution in [0.4, 0.5) is 9.39 Å². The Morgan fingerprint density at radius 1 is 1.26 bits per heavy atom. The van der Waals surface area contributed by atoms with Crippen molar-refractivity contribution >= 4 is 39.2 Å². The molecular formula is C16H12FNO4S. The number of nitrogens with one attached hydrogen (secondary N) is 1. The number of hydrogen-bond donors (Lipinski definition) is 1. The Hall–Kier alpha value is -2.67. The monoisotopic (exact) mass is 333 g/mol. The molecule has 1 aromatic carbocycles. The lowest BCUT2D eigenvalue weighted by atomic mass is 10.1. The normalized spacial score (nSPS) is 10.7. The largest absolute Gasteiger partial charge is 0.465 e. The van der Waals surface area contributed by atoms with Gasteiger partial charge in [-0.15, -0.1) is 11.3 Å². The quantitative estimate of drug-likeness (QED) is 0.736. The topological polar surface area (TPSA) is 68.5 Å². The van der Waals surface area contributed by atoms with Crippen molar-refractivity contribution in [1.29, 1.82) is 0 Å². The summed E-state index contributed by atoms with van der Waals surface area (Å²) < 4.78 is 23.7. The van der Waals surface area contributed by atoms with Gasteiger partial charge in [0, 0.05) is 10.9 Å². The number of fused-ring (bicyclic) bond motifs is 1. The first-order chi connectivity index (χ1) is 11.0. The van der Waals surface area contributed by atoms with E-state index in [0.29, 0.717) is 20.8 Å². The summed E-state index contributed by atoms with van der Waals surface area (Å²) in [5.41, 5.74) is 0.610. The molecule has 3 aromatic rings. The number of aryl methyl sites for hydroxylation is 1. The van der Waals surface area contributed by atoms with Crippen LogP contribution in [0.5, 0.6) is 0 Å². The Morgan fingerprint density at radius 3 is 2.74 bits per heavy atom. The summed E-state index contributed by atoms with van der Waals surface area (Å²) >= 11 is 1.08. The molecule has 0 aliphatic heterocycles. The molecule has 0 radical (unpaired) electrons. The van der Waals surface area contributed by atoms with E-state index in [9.17, 15) is 14.0 Å². The average Bonchev–Trinajstić information content (AvgIpc) is 3.13. The van der Waals surface area contributed by atoms with E-state index in [1.165, 1.54) is 13.2 Å². The van der Waals surface area contributed by atoms with Gasteiger partial charge in [0.1, 0.15) is 4.88 Å². The lowest BCUT2D eigenvalue weighted by molar-refractivity contribution is 0.0606. The van der Waals surface area contributed by atoms with Crippen molar-refractivity contribution in [2.24, 2.45) is 0 Å². The second kappa shape index (κ2) is 5.85. The molecule has 0 aliphatic rings. The maximum absolute atomic E-state index is 13.7. The van der Waals surface area contributed by atoms with Gasteiger partial charge < -0.3 is 14.5 Å². The number of anilines is 1. The van der Waals surface area contributed by atoms with Crippen LogP contribution in [0.15, 0.2) is 34.7 Å². The molecule has 0 aliphatic carbocycles. The molecule has 0 saturated carbocycles. The van der Waals surface area contributed by atoms with E-state index < -0.39 is 17.7 Å². The molecule has 0 unspecified atom stereocenters. The number of esters is 1. The molecule has 118 valence electrons. The number of rotatable bonds is 3. The van der Waals surface area contributed by atoms with E-state index in [-0.39, 0.29) is 11.3 Å². The van der Waals surface area contributed by atoms with Crippen LogP contribution in [0, 0.1) is 12.7 Å². The van der Waals surface area contributed by atoms with E-state index in [1.807, 2.05) is 0 Å². The molecule has 2 heterocycles. The maximum atomic E-state index is 13.7. The number of methoxy groups -OCH3 is 1. The van der Waals surface area contributed by atoms with Crippen molar-refractivity contribution in [1.82, 2.24) is 0 Å². The molecule has 0 fully saturated rings. The summed E-state index contributed by atoms with van der Waals surface area (Å²) in [6, 6.07) is 7.66. The number of thiophene rings is 1. The number of benzene rings is 1. The van der Waals surface area contributed by atoms with E-state index in [4.69, 9.17) is 4.42 Å². The Labute approximate surface area is 134 Å². The van der Waals surface area contributed by atoms with Crippen LogP contribution in [0.3, 0.4) is 0 Å². The third-order valence-corrected chi connectivity index (χ3v) is 4.33. The first kappa shape index (κ1) is 15.2. The maximum Gasteiger partial charge on any atom is 0.348 e. The standard InChI is InChI=1S/C16H12FNO4S/c1-8-9-4-3-5-10(17)14(9)22-13(8)15(19)18-12-7-6-11(23-12)16(20)21-2/h3-7H,1-2H3,(H,18,19). The predicted molar refractivity (Wildman–Crippen MR) is 84.5 cm³/mol. The van der Waals surface area contributed by atoms with Gasteiger partial charge >= 0.3 is 5.97 Å². The first-order valence-corrected chi connectivity index (χ1v) is 7.50. The summed E-state index contributed by atoms with van der Waals surface area (Å²) in [7, 11) is 1.28. The first-order valence-electron chi connectivity index (χ1n) is 6.68. The highest BCUT2D eigenvalue weighted by atomic mass is 32.1. The van der Waals surface area contributed by atoms with Crippen molar-refractivity contribution < 1.29 is 23.1 Å². The molecule has 0 saturated heterocycles. The van der Waals surface area contributed by atoms with Crippen molar-refractivity contribution in [2.45, 2.75) is 6.92 Å². The van der Waals surface area contributed by atoms with Gasteiger partial charge in [0.2, 0.25) is 0 Å². The number of ether oxygens (including phenoxy) is 1. The number of carbonyl (C=O) groups is 2. The lowest BCUT2D eigenvalue weighted by Crippen LogP contribution is -2.11. The van der Waals surface area contributed by atoms with Gasteiger partial charge in [0.15, 0.2) is 17.2 Å². The van der Waals surface area contributed by atoms with E-state index >= 15 is 0 Å².